The normalized spacial score (nSPS) is 15.5. The Labute approximate surface area is 138 Å². The molecule has 2 aromatic rings. The second-order valence-electron chi connectivity index (χ2n) is 5.53. The zero-order valence-corrected chi connectivity index (χ0v) is 14.1. The second-order valence-corrected chi connectivity index (χ2v) is 6.32. The molecule has 3 rings (SSSR count). The molecule has 5 nitrogen and oxygen atoms in total. The van der Waals surface area contributed by atoms with E-state index >= 15 is 0 Å². The first-order chi connectivity index (χ1) is 10.7. The second kappa shape index (κ2) is 6.71. The number of hydrogen-bond acceptors (Lipinski definition) is 3. The van der Waals surface area contributed by atoms with Gasteiger partial charge in [-0.25, -0.2) is 0 Å². The van der Waals surface area contributed by atoms with Gasteiger partial charge < -0.3 is 19.2 Å². The maximum atomic E-state index is 12.4. The van der Waals surface area contributed by atoms with Gasteiger partial charge in [0.2, 0.25) is 0 Å². The summed E-state index contributed by atoms with van der Waals surface area (Å²) in [6.07, 6.45) is 4.31. The van der Waals surface area contributed by atoms with Crippen molar-refractivity contribution in [2.75, 3.05) is 26.2 Å². The Balaban J connectivity index is 1.70. The van der Waals surface area contributed by atoms with Crippen molar-refractivity contribution in [1.29, 1.82) is 0 Å². The molecule has 3 heterocycles. The highest BCUT2D eigenvalue weighted by Crippen LogP contribution is 2.27. The van der Waals surface area contributed by atoms with Gasteiger partial charge in [0.15, 0.2) is 10.3 Å². The molecule has 118 valence electrons. The third-order valence-electron chi connectivity index (χ3n) is 4.02. The molecule has 1 N–H and O–H groups in total. The van der Waals surface area contributed by atoms with E-state index in [0.29, 0.717) is 29.0 Å². The van der Waals surface area contributed by atoms with Crippen molar-refractivity contribution in [3.63, 3.8) is 0 Å². The number of likely N-dealkylation sites (tertiary alicyclic amines) is 1. The first kappa shape index (κ1) is 15.4. The van der Waals surface area contributed by atoms with E-state index in [9.17, 15) is 4.79 Å². The van der Waals surface area contributed by atoms with Gasteiger partial charge in [-0.05, 0) is 41.9 Å². The molecule has 0 radical (unpaired) electrons. The molecule has 0 spiro atoms. The maximum Gasteiger partial charge on any atom is 0.268 e. The van der Waals surface area contributed by atoms with Gasteiger partial charge in [0.25, 0.3) is 5.91 Å². The van der Waals surface area contributed by atoms with Crippen molar-refractivity contribution in [3.8, 4) is 0 Å². The van der Waals surface area contributed by atoms with E-state index < -0.39 is 0 Å². The minimum Gasteiger partial charge on any atom is -0.448 e. The van der Waals surface area contributed by atoms with E-state index in [-0.39, 0.29) is 5.91 Å². The lowest BCUT2D eigenvalue weighted by atomic mass is 10.3. The van der Waals surface area contributed by atoms with E-state index in [4.69, 9.17) is 4.42 Å². The van der Waals surface area contributed by atoms with Crippen molar-refractivity contribution >= 4 is 32.9 Å². The van der Waals surface area contributed by atoms with Crippen LogP contribution in [0.1, 0.15) is 23.3 Å². The Bertz CT molecular complexity index is 683. The van der Waals surface area contributed by atoms with Crippen LogP contribution in [-0.4, -0.2) is 41.6 Å². The number of carbonyl (C=O) groups is 1. The highest BCUT2D eigenvalue weighted by Gasteiger charge is 2.18. The van der Waals surface area contributed by atoms with E-state index in [1.54, 1.807) is 12.1 Å². The summed E-state index contributed by atoms with van der Waals surface area (Å²) < 4.78 is 8.13. The van der Waals surface area contributed by atoms with Crippen LogP contribution >= 0.6 is 15.9 Å². The minimum absolute atomic E-state index is 0.0661. The summed E-state index contributed by atoms with van der Waals surface area (Å²) >= 11 is 3.32. The van der Waals surface area contributed by atoms with Gasteiger partial charge in [-0.2, -0.15) is 0 Å². The van der Waals surface area contributed by atoms with Gasteiger partial charge in [0.1, 0.15) is 5.69 Å². The molecule has 0 unspecified atom stereocenters. The number of nitrogens with one attached hydrogen (secondary N) is 1. The molecule has 0 saturated carbocycles. The number of halogens is 1. The summed E-state index contributed by atoms with van der Waals surface area (Å²) in [5.74, 6) is -0.0661. The van der Waals surface area contributed by atoms with Crippen molar-refractivity contribution < 1.29 is 9.21 Å². The molecule has 1 aliphatic heterocycles. The highest BCUT2D eigenvalue weighted by atomic mass is 79.9. The molecule has 1 aliphatic rings. The van der Waals surface area contributed by atoms with Gasteiger partial charge in [0, 0.05) is 31.8 Å². The zero-order chi connectivity index (χ0) is 15.5. The fourth-order valence-electron chi connectivity index (χ4n) is 2.95. The predicted molar refractivity (Wildman–Crippen MR) is 90.1 cm³/mol. The SMILES string of the molecule is C=CCn1c(C(=O)NCCN2CCCC2)cc2oc(Br)cc21. The summed E-state index contributed by atoms with van der Waals surface area (Å²) in [4.78, 5) is 14.8. The molecule has 1 amide bonds. The van der Waals surface area contributed by atoms with Gasteiger partial charge in [-0.3, -0.25) is 4.79 Å². The number of carbonyl (C=O) groups excluding carboxylic acids is 1. The fourth-order valence-corrected chi connectivity index (χ4v) is 3.34. The number of nitrogens with zero attached hydrogens (tertiary/aromatic N) is 2. The van der Waals surface area contributed by atoms with Crippen LogP contribution in [0.2, 0.25) is 0 Å². The molecule has 2 aromatic heterocycles. The quantitative estimate of drug-likeness (QED) is 0.800. The van der Waals surface area contributed by atoms with Crippen LogP contribution in [0.4, 0.5) is 0 Å². The summed E-state index contributed by atoms with van der Waals surface area (Å²) in [5.41, 5.74) is 2.22. The molecule has 0 aromatic carbocycles. The van der Waals surface area contributed by atoms with Crippen LogP contribution < -0.4 is 5.32 Å². The van der Waals surface area contributed by atoms with Crippen LogP contribution in [-0.2, 0) is 6.54 Å². The molecule has 0 bridgehead atoms. The first-order valence-corrected chi connectivity index (χ1v) is 8.38. The lowest BCUT2D eigenvalue weighted by Crippen LogP contribution is -2.34. The van der Waals surface area contributed by atoms with Crippen LogP contribution in [0.15, 0.2) is 33.9 Å². The Hall–Kier alpha value is -1.53. The number of furan rings is 1. The monoisotopic (exact) mass is 365 g/mol. The van der Waals surface area contributed by atoms with E-state index in [1.807, 2.05) is 10.6 Å². The molecule has 0 aliphatic carbocycles. The minimum atomic E-state index is -0.0661. The third-order valence-corrected chi connectivity index (χ3v) is 4.41. The molecule has 1 fully saturated rings. The van der Waals surface area contributed by atoms with Crippen molar-refractivity contribution in [3.05, 3.63) is 35.2 Å². The van der Waals surface area contributed by atoms with Gasteiger partial charge >= 0.3 is 0 Å². The standard InChI is InChI=1S/C16H20BrN3O2/c1-2-6-20-12-11-15(17)22-14(12)10-13(20)16(21)18-5-9-19-7-3-4-8-19/h2,10-11H,1,3-9H2,(H,18,21). The van der Waals surface area contributed by atoms with Gasteiger partial charge in [-0.1, -0.05) is 6.08 Å². The number of amides is 1. The van der Waals surface area contributed by atoms with Crippen LogP contribution in [0.5, 0.6) is 0 Å². The number of hydrogen-bond donors (Lipinski definition) is 1. The Morgan fingerprint density at radius 2 is 2.18 bits per heavy atom. The molecule has 22 heavy (non-hydrogen) atoms. The summed E-state index contributed by atoms with van der Waals surface area (Å²) in [6.45, 7) is 8.20. The fraction of sp³-hybridized carbons (Fsp3) is 0.438. The van der Waals surface area contributed by atoms with Crippen molar-refractivity contribution in [2.45, 2.75) is 19.4 Å². The molecular weight excluding hydrogens is 346 g/mol. The molecule has 6 heteroatoms. The number of aromatic nitrogens is 1. The largest absolute Gasteiger partial charge is 0.448 e. The summed E-state index contributed by atoms with van der Waals surface area (Å²) in [7, 11) is 0. The van der Waals surface area contributed by atoms with Gasteiger partial charge in [0.05, 0.1) is 5.52 Å². The maximum absolute atomic E-state index is 12.4. The number of fused-ring (bicyclic) bond motifs is 1. The van der Waals surface area contributed by atoms with Crippen molar-refractivity contribution in [2.24, 2.45) is 0 Å². The van der Waals surface area contributed by atoms with Crippen LogP contribution in [0, 0.1) is 0 Å². The Morgan fingerprint density at radius 1 is 1.41 bits per heavy atom. The average Bonchev–Trinajstić information content (AvgIpc) is 3.17. The summed E-state index contributed by atoms with van der Waals surface area (Å²) in [5, 5.41) is 3.00. The van der Waals surface area contributed by atoms with E-state index in [2.05, 4.69) is 32.7 Å². The lowest BCUT2D eigenvalue weighted by molar-refractivity contribution is 0.0941. The highest BCUT2D eigenvalue weighted by molar-refractivity contribution is 9.10. The van der Waals surface area contributed by atoms with Crippen molar-refractivity contribution in [1.82, 2.24) is 14.8 Å². The zero-order valence-electron chi connectivity index (χ0n) is 12.5. The van der Waals surface area contributed by atoms with Gasteiger partial charge in [-0.15, -0.1) is 6.58 Å². The smallest absolute Gasteiger partial charge is 0.268 e. The number of rotatable bonds is 6. The molecule has 1 saturated heterocycles. The first-order valence-electron chi connectivity index (χ1n) is 7.59. The van der Waals surface area contributed by atoms with E-state index in [1.165, 1.54) is 12.8 Å². The molecule has 0 atom stereocenters. The predicted octanol–water partition coefficient (Wildman–Crippen LogP) is 3.01. The van der Waals surface area contributed by atoms with Crippen LogP contribution in [0.25, 0.3) is 11.1 Å². The average molecular weight is 366 g/mol. The summed E-state index contributed by atoms with van der Waals surface area (Å²) in [6, 6.07) is 3.66. The lowest BCUT2D eigenvalue weighted by Gasteiger charge is -2.15. The number of allylic oxidation sites excluding steroid dienone is 1. The van der Waals surface area contributed by atoms with Crippen LogP contribution in [0.3, 0.4) is 0 Å². The van der Waals surface area contributed by atoms with E-state index in [0.717, 1.165) is 25.2 Å². The Morgan fingerprint density at radius 3 is 2.91 bits per heavy atom. The Kier molecular flexibility index (Phi) is 4.69. The third kappa shape index (κ3) is 3.13. The molecular formula is C16H20BrN3O2. The topological polar surface area (TPSA) is 50.4 Å².